The third-order valence-corrected chi connectivity index (χ3v) is 8.69. The molecule has 3 aliphatic rings. The normalized spacial score (nSPS) is 27.3. The van der Waals surface area contributed by atoms with E-state index in [1.807, 2.05) is 11.4 Å². The average molecular weight is 490 g/mol. The summed E-state index contributed by atoms with van der Waals surface area (Å²) in [5.74, 6) is 1.35. The molecule has 2 aromatic heterocycles. The largest absolute Gasteiger partial charge is 0.370 e. The van der Waals surface area contributed by atoms with Crippen LogP contribution < -0.4 is 21.3 Å². The van der Waals surface area contributed by atoms with Crippen LogP contribution in [0.5, 0.6) is 0 Å². The van der Waals surface area contributed by atoms with Gasteiger partial charge in [-0.25, -0.2) is 4.98 Å². The van der Waals surface area contributed by atoms with Crippen molar-refractivity contribution in [2.75, 3.05) is 42.7 Å². The Bertz CT molecular complexity index is 1270. The number of nitrogens with zero attached hydrogens (tertiary/aromatic N) is 4. The second-order valence-corrected chi connectivity index (χ2v) is 11.0. The van der Waals surface area contributed by atoms with Crippen molar-refractivity contribution in [2.24, 2.45) is 23.5 Å². The number of fused-ring (bicyclic) bond motifs is 3. The fourth-order valence-corrected chi connectivity index (χ4v) is 6.65. The third-order valence-electron chi connectivity index (χ3n) is 7.78. The number of hydrogen-bond donors (Lipinski definition) is 3. The SMILES string of the molecule is CN(C)[C@H]1CCN(c2ccc(Nc3nc(N[C@@H]4C5C=CC(C5)[C@@H]4C(N)=O)c4sccc4n3)cc2)C1. The molecule has 2 aliphatic carbocycles. The number of likely N-dealkylation sites (N-methyl/N-ethyl adjacent to an activating group) is 1. The maximum atomic E-state index is 12.2. The predicted octanol–water partition coefficient (Wildman–Crippen LogP) is 3.66. The molecule has 1 saturated heterocycles. The van der Waals surface area contributed by atoms with E-state index in [1.54, 1.807) is 11.3 Å². The summed E-state index contributed by atoms with van der Waals surface area (Å²) in [5.41, 5.74) is 8.83. The van der Waals surface area contributed by atoms with Crippen molar-refractivity contribution >= 4 is 50.6 Å². The van der Waals surface area contributed by atoms with E-state index in [-0.39, 0.29) is 23.8 Å². The molecule has 3 heterocycles. The van der Waals surface area contributed by atoms with Crippen molar-refractivity contribution in [3.05, 3.63) is 47.9 Å². The van der Waals surface area contributed by atoms with Gasteiger partial charge in [-0.1, -0.05) is 12.2 Å². The van der Waals surface area contributed by atoms with Crippen molar-refractivity contribution in [1.82, 2.24) is 14.9 Å². The summed E-state index contributed by atoms with van der Waals surface area (Å²) in [6.45, 7) is 2.13. The maximum Gasteiger partial charge on any atom is 0.229 e. The highest BCUT2D eigenvalue weighted by Gasteiger charge is 2.47. The van der Waals surface area contributed by atoms with Crippen LogP contribution in [-0.2, 0) is 4.79 Å². The predicted molar refractivity (Wildman–Crippen MR) is 142 cm³/mol. The number of amides is 1. The minimum atomic E-state index is -0.246. The van der Waals surface area contributed by atoms with E-state index in [0.717, 1.165) is 41.2 Å². The lowest BCUT2D eigenvalue weighted by Gasteiger charge is -2.27. The molecule has 0 radical (unpaired) electrons. The van der Waals surface area contributed by atoms with Crippen molar-refractivity contribution in [1.29, 1.82) is 0 Å². The monoisotopic (exact) mass is 489 g/mol. The van der Waals surface area contributed by atoms with Crippen LogP contribution >= 0.6 is 11.3 Å². The van der Waals surface area contributed by atoms with E-state index < -0.39 is 0 Å². The number of carbonyl (C=O) groups is 1. The number of allylic oxidation sites excluding steroid dienone is 1. The van der Waals surface area contributed by atoms with Gasteiger partial charge in [-0.2, -0.15) is 4.98 Å². The van der Waals surface area contributed by atoms with Crippen LogP contribution in [0.1, 0.15) is 12.8 Å². The second-order valence-electron chi connectivity index (χ2n) is 10.1. The van der Waals surface area contributed by atoms with E-state index in [2.05, 4.69) is 70.9 Å². The first-order valence-electron chi connectivity index (χ1n) is 12.2. The molecule has 1 saturated carbocycles. The number of anilines is 4. The standard InChI is InChI=1S/C26H31N7OS/c1-32(2)19-9-11-33(14-19)18-7-5-17(6-8-18)28-26-29-20-10-12-35-23(20)25(31-26)30-22-16-4-3-15(13-16)21(22)24(27)34/h3-8,10,12,15-16,19,21-22H,9,11,13-14H2,1-2H3,(H2,27,34)(H2,28,29,30,31)/t15?,16?,19-,21-,22+/m0/s1. The van der Waals surface area contributed by atoms with E-state index in [9.17, 15) is 4.79 Å². The van der Waals surface area contributed by atoms with Crippen LogP contribution in [0.15, 0.2) is 47.9 Å². The number of primary amides is 1. The van der Waals surface area contributed by atoms with Gasteiger partial charge in [0.05, 0.1) is 16.1 Å². The van der Waals surface area contributed by atoms with E-state index in [1.165, 1.54) is 12.1 Å². The van der Waals surface area contributed by atoms with Gasteiger partial charge in [-0.05, 0) is 74.5 Å². The molecule has 8 nitrogen and oxygen atoms in total. The third kappa shape index (κ3) is 4.12. The molecule has 1 aromatic carbocycles. The Balaban J connectivity index is 1.22. The van der Waals surface area contributed by atoms with E-state index in [4.69, 9.17) is 15.7 Å². The van der Waals surface area contributed by atoms with Gasteiger partial charge in [-0.15, -0.1) is 11.3 Å². The first-order valence-corrected chi connectivity index (χ1v) is 13.1. The Morgan fingerprint density at radius 2 is 1.94 bits per heavy atom. The first kappa shape index (κ1) is 22.3. The van der Waals surface area contributed by atoms with Gasteiger partial charge in [0, 0.05) is 36.5 Å². The van der Waals surface area contributed by atoms with Gasteiger partial charge in [0.25, 0.3) is 0 Å². The van der Waals surface area contributed by atoms with Gasteiger partial charge in [0.1, 0.15) is 5.82 Å². The molecule has 9 heteroatoms. The van der Waals surface area contributed by atoms with Crippen LogP contribution in [0.2, 0.25) is 0 Å². The second kappa shape index (κ2) is 8.80. The smallest absolute Gasteiger partial charge is 0.229 e. The van der Waals surface area contributed by atoms with Crippen LogP contribution in [0.25, 0.3) is 10.2 Å². The zero-order valence-electron chi connectivity index (χ0n) is 20.0. The quantitative estimate of drug-likeness (QED) is 0.436. The van der Waals surface area contributed by atoms with Gasteiger partial charge in [-0.3, -0.25) is 4.79 Å². The minimum Gasteiger partial charge on any atom is -0.370 e. The van der Waals surface area contributed by atoms with Crippen LogP contribution in [-0.4, -0.2) is 60.0 Å². The topological polar surface area (TPSA) is 99.4 Å². The summed E-state index contributed by atoms with van der Waals surface area (Å²) in [4.78, 5) is 26.5. The lowest BCUT2D eigenvalue weighted by molar-refractivity contribution is -0.122. The molecule has 35 heavy (non-hydrogen) atoms. The molecule has 5 atom stereocenters. The molecule has 182 valence electrons. The van der Waals surface area contributed by atoms with Crippen molar-refractivity contribution in [3.8, 4) is 0 Å². The molecule has 2 fully saturated rings. The molecule has 0 spiro atoms. The van der Waals surface area contributed by atoms with E-state index >= 15 is 0 Å². The highest BCUT2D eigenvalue weighted by molar-refractivity contribution is 7.17. The summed E-state index contributed by atoms with van der Waals surface area (Å²) in [6.07, 6.45) is 6.49. The molecule has 3 aromatic rings. The highest BCUT2D eigenvalue weighted by atomic mass is 32.1. The number of nitrogens with one attached hydrogen (secondary N) is 2. The number of rotatable bonds is 7. The summed E-state index contributed by atoms with van der Waals surface area (Å²) in [6, 6.07) is 11.0. The Labute approximate surface area is 209 Å². The summed E-state index contributed by atoms with van der Waals surface area (Å²) < 4.78 is 0.991. The zero-order chi connectivity index (χ0) is 24.1. The number of thiophene rings is 1. The first-order chi connectivity index (χ1) is 17.0. The molecule has 2 unspecified atom stereocenters. The number of aromatic nitrogens is 2. The lowest BCUT2D eigenvalue weighted by atomic mass is 9.88. The Hall–Kier alpha value is -3.17. The molecular formula is C26H31N7OS. The molecule has 1 aliphatic heterocycles. The molecule has 4 N–H and O–H groups in total. The fraction of sp³-hybridized carbons (Fsp3) is 0.423. The maximum absolute atomic E-state index is 12.2. The summed E-state index contributed by atoms with van der Waals surface area (Å²) >= 11 is 1.60. The molecule has 2 bridgehead atoms. The highest BCUT2D eigenvalue weighted by Crippen LogP contribution is 2.45. The zero-order valence-corrected chi connectivity index (χ0v) is 20.8. The van der Waals surface area contributed by atoms with Gasteiger partial charge in [0.15, 0.2) is 0 Å². The molecular weight excluding hydrogens is 458 g/mol. The number of carbonyl (C=O) groups excluding carboxylic acids is 1. The molecule has 1 amide bonds. The number of benzene rings is 1. The van der Waals surface area contributed by atoms with E-state index in [0.29, 0.717) is 17.9 Å². The summed E-state index contributed by atoms with van der Waals surface area (Å²) in [7, 11) is 4.30. The van der Waals surface area contributed by atoms with Crippen molar-refractivity contribution in [2.45, 2.75) is 24.9 Å². The summed E-state index contributed by atoms with van der Waals surface area (Å²) in [5, 5.41) is 8.97. The van der Waals surface area contributed by atoms with Gasteiger partial charge in [0.2, 0.25) is 11.9 Å². The lowest BCUT2D eigenvalue weighted by Crippen LogP contribution is -2.41. The van der Waals surface area contributed by atoms with Crippen molar-refractivity contribution < 1.29 is 4.79 Å². The average Bonchev–Trinajstić information content (AvgIpc) is 3.63. The van der Waals surface area contributed by atoms with Gasteiger partial charge >= 0.3 is 0 Å². The Morgan fingerprint density at radius 1 is 1.14 bits per heavy atom. The van der Waals surface area contributed by atoms with Crippen molar-refractivity contribution in [3.63, 3.8) is 0 Å². The van der Waals surface area contributed by atoms with Crippen LogP contribution in [0.4, 0.5) is 23.1 Å². The van der Waals surface area contributed by atoms with Crippen LogP contribution in [0, 0.1) is 17.8 Å². The molecule has 6 rings (SSSR count). The Morgan fingerprint density at radius 3 is 2.69 bits per heavy atom. The Kier molecular flexibility index (Phi) is 5.61. The van der Waals surface area contributed by atoms with Crippen LogP contribution in [0.3, 0.4) is 0 Å². The fourth-order valence-electron chi connectivity index (χ4n) is 5.86. The number of nitrogens with two attached hydrogens (primary N) is 1. The number of hydrogen-bond acceptors (Lipinski definition) is 8. The van der Waals surface area contributed by atoms with Gasteiger partial charge < -0.3 is 26.2 Å². The minimum absolute atomic E-state index is 0.0405.